The van der Waals surface area contributed by atoms with Crippen molar-refractivity contribution in [2.75, 3.05) is 6.54 Å². The molecule has 0 aliphatic carbocycles. The van der Waals surface area contributed by atoms with Crippen LogP contribution in [-0.2, 0) is 7.05 Å². The van der Waals surface area contributed by atoms with Crippen molar-refractivity contribution in [2.24, 2.45) is 7.05 Å². The Morgan fingerprint density at radius 2 is 2.25 bits per heavy atom. The number of hydrogen-bond acceptors (Lipinski definition) is 5. The molecule has 0 saturated carbocycles. The SMILES string of the molecule is Cn1cc([C@@H]2CCCN2C(=O)c2ccnc(-n3cncn3)c2)cn1. The van der Waals surface area contributed by atoms with Crippen LogP contribution in [0.1, 0.15) is 34.8 Å². The van der Waals surface area contributed by atoms with Crippen LogP contribution in [0.5, 0.6) is 0 Å². The van der Waals surface area contributed by atoms with Crippen molar-refractivity contribution in [1.29, 1.82) is 0 Å². The first-order chi connectivity index (χ1) is 11.7. The molecule has 3 aromatic heterocycles. The summed E-state index contributed by atoms with van der Waals surface area (Å²) in [6, 6.07) is 3.56. The first-order valence-corrected chi connectivity index (χ1v) is 7.83. The lowest BCUT2D eigenvalue weighted by Gasteiger charge is -2.24. The average Bonchev–Trinajstić information content (AvgIpc) is 3.35. The molecule has 1 amide bonds. The van der Waals surface area contributed by atoms with E-state index in [1.807, 2.05) is 24.3 Å². The molecule has 8 heteroatoms. The second-order valence-electron chi connectivity index (χ2n) is 5.85. The molecule has 1 fully saturated rings. The highest BCUT2D eigenvalue weighted by molar-refractivity contribution is 5.95. The van der Waals surface area contributed by atoms with E-state index >= 15 is 0 Å². The average molecular weight is 323 g/mol. The predicted molar refractivity (Wildman–Crippen MR) is 85.4 cm³/mol. The third-order valence-electron chi connectivity index (χ3n) is 4.27. The molecule has 1 atom stereocenters. The molecule has 4 heterocycles. The monoisotopic (exact) mass is 323 g/mol. The van der Waals surface area contributed by atoms with Gasteiger partial charge in [-0.3, -0.25) is 9.48 Å². The van der Waals surface area contributed by atoms with Crippen LogP contribution in [0.4, 0.5) is 0 Å². The maximum Gasteiger partial charge on any atom is 0.254 e. The van der Waals surface area contributed by atoms with Gasteiger partial charge in [-0.05, 0) is 25.0 Å². The van der Waals surface area contributed by atoms with Crippen molar-refractivity contribution >= 4 is 5.91 Å². The molecule has 24 heavy (non-hydrogen) atoms. The summed E-state index contributed by atoms with van der Waals surface area (Å²) in [4.78, 5) is 23.1. The Morgan fingerprint density at radius 3 is 3.00 bits per heavy atom. The normalized spacial score (nSPS) is 17.4. The van der Waals surface area contributed by atoms with Gasteiger partial charge in [-0.25, -0.2) is 14.6 Å². The Bertz CT molecular complexity index is 855. The molecule has 122 valence electrons. The molecule has 1 saturated heterocycles. The Labute approximate surface area is 138 Å². The number of amides is 1. The van der Waals surface area contributed by atoms with Gasteiger partial charge in [-0.2, -0.15) is 10.2 Å². The smallest absolute Gasteiger partial charge is 0.254 e. The van der Waals surface area contributed by atoms with Crippen LogP contribution < -0.4 is 0 Å². The highest BCUT2D eigenvalue weighted by Crippen LogP contribution is 2.32. The first-order valence-electron chi connectivity index (χ1n) is 7.83. The zero-order chi connectivity index (χ0) is 16.5. The number of likely N-dealkylation sites (tertiary alicyclic amines) is 1. The summed E-state index contributed by atoms with van der Waals surface area (Å²) >= 11 is 0. The number of carbonyl (C=O) groups excluding carboxylic acids is 1. The number of nitrogens with zero attached hydrogens (tertiary/aromatic N) is 7. The van der Waals surface area contributed by atoms with Crippen molar-refractivity contribution in [3.05, 3.63) is 54.5 Å². The molecule has 0 bridgehead atoms. The molecule has 3 aromatic rings. The molecule has 8 nitrogen and oxygen atoms in total. The van der Waals surface area contributed by atoms with Gasteiger partial charge in [0.05, 0.1) is 12.2 Å². The van der Waals surface area contributed by atoms with E-state index in [9.17, 15) is 4.79 Å². The van der Waals surface area contributed by atoms with E-state index in [1.54, 1.807) is 34.0 Å². The van der Waals surface area contributed by atoms with Crippen LogP contribution in [-0.4, -0.2) is 46.9 Å². The summed E-state index contributed by atoms with van der Waals surface area (Å²) in [5, 5.41) is 8.28. The number of aromatic nitrogens is 6. The third kappa shape index (κ3) is 2.55. The summed E-state index contributed by atoms with van der Waals surface area (Å²) < 4.78 is 3.31. The van der Waals surface area contributed by atoms with Crippen molar-refractivity contribution < 1.29 is 4.79 Å². The van der Waals surface area contributed by atoms with Gasteiger partial charge in [-0.1, -0.05) is 0 Å². The maximum atomic E-state index is 13.0. The van der Waals surface area contributed by atoms with Gasteiger partial charge in [0, 0.05) is 37.1 Å². The fourth-order valence-corrected chi connectivity index (χ4v) is 3.14. The zero-order valence-corrected chi connectivity index (χ0v) is 13.3. The van der Waals surface area contributed by atoms with Crippen LogP contribution in [0.15, 0.2) is 43.4 Å². The Hall–Kier alpha value is -3.03. The molecule has 0 N–H and O–H groups in total. The topological polar surface area (TPSA) is 81.7 Å². The standard InChI is InChI=1S/C16H17N7O/c1-21-9-13(8-19-21)14-3-2-6-22(14)16(24)12-4-5-18-15(7-12)23-11-17-10-20-23/h4-5,7-11,14H,2-3,6H2,1H3/t14-/m0/s1. The summed E-state index contributed by atoms with van der Waals surface area (Å²) in [6.45, 7) is 0.749. The van der Waals surface area contributed by atoms with Crippen LogP contribution in [0.3, 0.4) is 0 Å². The second kappa shape index (κ2) is 5.88. The lowest BCUT2D eigenvalue weighted by atomic mass is 10.1. The molecule has 0 spiro atoms. The lowest BCUT2D eigenvalue weighted by molar-refractivity contribution is 0.0735. The molecule has 1 aliphatic heterocycles. The number of carbonyl (C=O) groups is 1. The number of hydrogen-bond donors (Lipinski definition) is 0. The van der Waals surface area contributed by atoms with Crippen molar-refractivity contribution in [1.82, 2.24) is 34.4 Å². The molecular weight excluding hydrogens is 306 g/mol. The number of pyridine rings is 1. The van der Waals surface area contributed by atoms with Gasteiger partial charge >= 0.3 is 0 Å². The quantitative estimate of drug-likeness (QED) is 0.727. The first kappa shape index (κ1) is 14.6. The van der Waals surface area contributed by atoms with Crippen LogP contribution in [0, 0.1) is 0 Å². The van der Waals surface area contributed by atoms with Gasteiger partial charge in [-0.15, -0.1) is 0 Å². The zero-order valence-electron chi connectivity index (χ0n) is 13.3. The summed E-state index contributed by atoms with van der Waals surface area (Å²) in [5.74, 6) is 0.584. The third-order valence-corrected chi connectivity index (χ3v) is 4.27. The molecule has 1 aliphatic rings. The van der Waals surface area contributed by atoms with E-state index in [2.05, 4.69) is 20.2 Å². The minimum Gasteiger partial charge on any atom is -0.331 e. The summed E-state index contributed by atoms with van der Waals surface area (Å²) in [7, 11) is 1.89. The molecule has 4 rings (SSSR count). The van der Waals surface area contributed by atoms with E-state index in [-0.39, 0.29) is 11.9 Å². The van der Waals surface area contributed by atoms with Gasteiger partial charge in [0.15, 0.2) is 5.82 Å². The van der Waals surface area contributed by atoms with Gasteiger partial charge in [0.25, 0.3) is 5.91 Å². The highest BCUT2D eigenvalue weighted by Gasteiger charge is 2.31. The summed E-state index contributed by atoms with van der Waals surface area (Å²) in [5.41, 5.74) is 1.68. The number of aryl methyl sites for hydroxylation is 1. The molecule has 0 unspecified atom stereocenters. The molecule has 0 aromatic carbocycles. The Balaban J connectivity index is 1.62. The van der Waals surface area contributed by atoms with Gasteiger partial charge in [0.1, 0.15) is 12.7 Å². The maximum absolute atomic E-state index is 13.0. The summed E-state index contributed by atoms with van der Waals surface area (Å²) in [6.07, 6.45) is 10.4. The lowest BCUT2D eigenvalue weighted by Crippen LogP contribution is -2.30. The fraction of sp³-hybridized carbons (Fsp3) is 0.312. The fourth-order valence-electron chi connectivity index (χ4n) is 3.14. The number of rotatable bonds is 3. The Kier molecular flexibility index (Phi) is 3.56. The molecular formula is C16H17N7O. The van der Waals surface area contributed by atoms with E-state index < -0.39 is 0 Å². The predicted octanol–water partition coefficient (Wildman–Crippen LogP) is 1.37. The van der Waals surface area contributed by atoms with E-state index in [1.165, 1.54) is 6.33 Å². The van der Waals surface area contributed by atoms with Gasteiger partial charge < -0.3 is 4.90 Å². The molecule has 0 radical (unpaired) electrons. The van der Waals surface area contributed by atoms with E-state index in [0.29, 0.717) is 11.4 Å². The van der Waals surface area contributed by atoms with Crippen LogP contribution >= 0.6 is 0 Å². The van der Waals surface area contributed by atoms with Crippen LogP contribution in [0.25, 0.3) is 5.82 Å². The van der Waals surface area contributed by atoms with Crippen LogP contribution in [0.2, 0.25) is 0 Å². The minimum absolute atomic E-state index is 0.00474. The van der Waals surface area contributed by atoms with Crippen molar-refractivity contribution in [3.63, 3.8) is 0 Å². The minimum atomic E-state index is 0.00474. The second-order valence-corrected chi connectivity index (χ2v) is 5.85. The largest absolute Gasteiger partial charge is 0.331 e. The van der Waals surface area contributed by atoms with Crippen molar-refractivity contribution in [2.45, 2.75) is 18.9 Å². The van der Waals surface area contributed by atoms with E-state index in [4.69, 9.17) is 0 Å². The van der Waals surface area contributed by atoms with Gasteiger partial charge in [0.2, 0.25) is 0 Å². The Morgan fingerprint density at radius 1 is 1.33 bits per heavy atom. The highest BCUT2D eigenvalue weighted by atomic mass is 16.2. The van der Waals surface area contributed by atoms with Crippen molar-refractivity contribution in [3.8, 4) is 5.82 Å². The van der Waals surface area contributed by atoms with E-state index in [0.717, 1.165) is 24.9 Å².